The summed E-state index contributed by atoms with van der Waals surface area (Å²) in [7, 11) is 0. The van der Waals surface area contributed by atoms with Gasteiger partial charge in [-0.15, -0.1) is 0 Å². The van der Waals surface area contributed by atoms with Crippen LogP contribution in [0.1, 0.15) is 51.5 Å². The van der Waals surface area contributed by atoms with E-state index in [1.807, 2.05) is 0 Å². The lowest BCUT2D eigenvalue weighted by molar-refractivity contribution is -0.538. The Hall–Kier alpha value is -0.880. The van der Waals surface area contributed by atoms with Gasteiger partial charge in [-0.2, -0.15) is 0 Å². The fourth-order valence-corrected chi connectivity index (χ4v) is 4.96. The number of hydrogen-bond donors (Lipinski definition) is 0. The first-order valence-electron chi connectivity index (χ1n) is 10.9. The van der Waals surface area contributed by atoms with Crippen molar-refractivity contribution >= 4 is 5.71 Å². The zero-order chi connectivity index (χ0) is 18.7. The molecule has 4 rings (SSSR count). The summed E-state index contributed by atoms with van der Waals surface area (Å²) in [5.41, 5.74) is 5.02. The van der Waals surface area contributed by atoms with Crippen molar-refractivity contribution in [2.75, 3.05) is 39.3 Å². The van der Waals surface area contributed by atoms with E-state index in [2.05, 4.69) is 64.6 Å². The summed E-state index contributed by atoms with van der Waals surface area (Å²) >= 11 is 0. The maximum absolute atomic E-state index is 2.68. The lowest BCUT2D eigenvalue weighted by Gasteiger charge is -2.41. The lowest BCUT2D eigenvalue weighted by Crippen LogP contribution is -3.00. The van der Waals surface area contributed by atoms with Gasteiger partial charge in [0.2, 0.25) is 0 Å². The van der Waals surface area contributed by atoms with Crippen molar-refractivity contribution in [1.29, 1.82) is 0 Å². The van der Waals surface area contributed by atoms with Crippen molar-refractivity contribution in [3.05, 3.63) is 47.7 Å². The highest BCUT2D eigenvalue weighted by molar-refractivity contribution is 5.92. The molecule has 1 aromatic carbocycles. The van der Waals surface area contributed by atoms with Crippen molar-refractivity contribution in [3.63, 3.8) is 0 Å². The molecule has 3 aliphatic rings. The van der Waals surface area contributed by atoms with Crippen LogP contribution in [0.3, 0.4) is 0 Å². The molecular weight excluding hydrogens is 457 g/mol. The second kappa shape index (κ2) is 9.75. The highest BCUT2D eigenvalue weighted by atomic mass is 127. The molecule has 1 aliphatic carbocycles. The first-order valence-corrected chi connectivity index (χ1v) is 10.9. The lowest BCUT2D eigenvalue weighted by atomic mass is 9.77. The molecule has 2 fully saturated rings. The van der Waals surface area contributed by atoms with E-state index in [1.54, 1.807) is 11.4 Å². The molecule has 0 amide bonds. The van der Waals surface area contributed by atoms with Crippen LogP contribution >= 0.6 is 0 Å². The first-order chi connectivity index (χ1) is 13.1. The van der Waals surface area contributed by atoms with E-state index in [0.717, 1.165) is 6.54 Å². The van der Waals surface area contributed by atoms with Crippen molar-refractivity contribution in [3.8, 4) is 0 Å². The van der Waals surface area contributed by atoms with Crippen LogP contribution in [-0.2, 0) is 6.54 Å². The molecule has 0 N–H and O–H groups in total. The molecule has 0 unspecified atom stereocenters. The second-order valence-electron chi connectivity index (χ2n) is 9.44. The van der Waals surface area contributed by atoms with Crippen LogP contribution in [-0.4, -0.2) is 59.4 Å². The van der Waals surface area contributed by atoms with Crippen molar-refractivity contribution in [1.82, 2.24) is 9.80 Å². The van der Waals surface area contributed by atoms with Gasteiger partial charge in [-0.1, -0.05) is 44.2 Å². The number of hydrogen-bond acceptors (Lipinski definition) is 2. The van der Waals surface area contributed by atoms with Crippen LogP contribution in [0.25, 0.3) is 0 Å². The Balaban J connectivity index is 0.00000225. The van der Waals surface area contributed by atoms with Gasteiger partial charge < -0.3 is 28.9 Å². The van der Waals surface area contributed by atoms with Crippen LogP contribution in [0.5, 0.6) is 0 Å². The van der Waals surface area contributed by atoms with Crippen LogP contribution < -0.4 is 24.0 Å². The second-order valence-corrected chi connectivity index (χ2v) is 9.44. The minimum atomic E-state index is 0. The largest absolute Gasteiger partial charge is 1.00 e. The van der Waals surface area contributed by atoms with Crippen LogP contribution in [0.2, 0.25) is 0 Å². The summed E-state index contributed by atoms with van der Waals surface area (Å²) in [6.45, 7) is 13.2. The monoisotopic (exact) mass is 493 g/mol. The average molecular weight is 493 g/mol. The number of rotatable bonds is 3. The summed E-state index contributed by atoms with van der Waals surface area (Å²) in [6.07, 6.45) is 9.17. The number of benzene rings is 1. The molecule has 0 saturated carbocycles. The zero-order valence-electron chi connectivity index (χ0n) is 17.7. The van der Waals surface area contributed by atoms with Gasteiger partial charge in [0.05, 0.1) is 0 Å². The Kier molecular flexibility index (Phi) is 7.60. The smallest absolute Gasteiger partial charge is 0.178 e. The fraction of sp³-hybridized carbons (Fsp3) is 0.625. The third kappa shape index (κ3) is 5.59. The minimum Gasteiger partial charge on any atom is -1.00 e. The van der Waals surface area contributed by atoms with E-state index in [0.29, 0.717) is 5.41 Å². The molecule has 1 aromatic rings. The number of halogens is 1. The van der Waals surface area contributed by atoms with Gasteiger partial charge in [0, 0.05) is 63.8 Å². The molecule has 0 spiro atoms. The molecule has 0 radical (unpaired) electrons. The predicted octanol–water partition coefficient (Wildman–Crippen LogP) is 1.15. The van der Waals surface area contributed by atoms with Gasteiger partial charge >= 0.3 is 0 Å². The zero-order valence-corrected chi connectivity index (χ0v) is 19.8. The summed E-state index contributed by atoms with van der Waals surface area (Å²) in [5, 5.41) is 0. The normalized spacial score (nSPS) is 23.2. The molecule has 2 aliphatic heterocycles. The van der Waals surface area contributed by atoms with E-state index < -0.39 is 0 Å². The van der Waals surface area contributed by atoms with Gasteiger partial charge in [-0.3, -0.25) is 4.90 Å². The topological polar surface area (TPSA) is 9.49 Å². The number of nitrogens with zero attached hydrogens (tertiary/aromatic N) is 3. The molecule has 154 valence electrons. The molecule has 28 heavy (non-hydrogen) atoms. The maximum atomic E-state index is 2.68. The number of piperazine rings is 1. The first kappa shape index (κ1) is 21.8. The quantitative estimate of drug-likeness (QED) is 0.462. The minimum absolute atomic E-state index is 0. The standard InChI is InChI=1S/C24H36N3.HI/c1-24(2)18-22(26-11-7-4-8-12-26)17-23(19-24)27-15-13-25(14-16-27)20-21-9-5-3-6-10-21;/h3,5-6,9-10,17H,4,7-8,11-16,18-20H2,1-2H3;1H/q+1;/p-1. The Bertz CT molecular complexity index is 692. The van der Waals surface area contributed by atoms with E-state index in [1.165, 1.54) is 76.9 Å². The molecule has 0 atom stereocenters. The third-order valence-corrected chi connectivity index (χ3v) is 6.44. The Morgan fingerprint density at radius 2 is 1.57 bits per heavy atom. The molecule has 2 heterocycles. The van der Waals surface area contributed by atoms with Gasteiger partial charge in [-0.05, 0) is 23.8 Å². The summed E-state index contributed by atoms with van der Waals surface area (Å²) in [4.78, 5) is 5.28. The van der Waals surface area contributed by atoms with Gasteiger partial charge in [-0.25, -0.2) is 4.58 Å². The Labute approximate surface area is 188 Å². The Morgan fingerprint density at radius 3 is 2.25 bits per heavy atom. The highest BCUT2D eigenvalue weighted by Gasteiger charge is 2.34. The molecule has 4 heteroatoms. The van der Waals surface area contributed by atoms with E-state index in [9.17, 15) is 0 Å². The average Bonchev–Trinajstić information content (AvgIpc) is 2.69. The maximum Gasteiger partial charge on any atom is 0.178 e. The van der Waals surface area contributed by atoms with Crippen LogP contribution in [0.15, 0.2) is 42.1 Å². The van der Waals surface area contributed by atoms with E-state index in [4.69, 9.17) is 0 Å². The molecule has 0 aromatic heterocycles. The summed E-state index contributed by atoms with van der Waals surface area (Å²) < 4.78 is 2.68. The highest BCUT2D eigenvalue weighted by Crippen LogP contribution is 2.36. The number of allylic oxidation sites excluding steroid dienone is 2. The third-order valence-electron chi connectivity index (χ3n) is 6.44. The summed E-state index contributed by atoms with van der Waals surface area (Å²) in [5.74, 6) is 0. The van der Waals surface area contributed by atoms with E-state index >= 15 is 0 Å². The fourth-order valence-electron chi connectivity index (χ4n) is 4.96. The van der Waals surface area contributed by atoms with Crippen molar-refractivity contribution in [2.45, 2.75) is 52.5 Å². The van der Waals surface area contributed by atoms with E-state index in [-0.39, 0.29) is 24.0 Å². The molecular formula is C24H36IN3. The van der Waals surface area contributed by atoms with Crippen molar-refractivity contribution in [2.24, 2.45) is 5.41 Å². The number of piperidine rings is 1. The SMILES string of the molecule is CC1(C)CC(N2CCN(Cc3ccccc3)CC2)=CC(=[N+]2CCCCC2)C1.[I-]. The predicted molar refractivity (Wildman–Crippen MR) is 113 cm³/mol. The Morgan fingerprint density at radius 1 is 0.893 bits per heavy atom. The molecule has 2 saturated heterocycles. The van der Waals surface area contributed by atoms with Crippen LogP contribution in [0, 0.1) is 5.41 Å². The molecule has 3 nitrogen and oxygen atoms in total. The molecule has 0 bridgehead atoms. The van der Waals surface area contributed by atoms with Gasteiger partial charge in [0.25, 0.3) is 0 Å². The van der Waals surface area contributed by atoms with Crippen LogP contribution in [0.4, 0.5) is 0 Å². The van der Waals surface area contributed by atoms with Crippen molar-refractivity contribution < 1.29 is 28.6 Å². The van der Waals surface area contributed by atoms with Gasteiger partial charge in [0.15, 0.2) is 5.71 Å². The van der Waals surface area contributed by atoms with Gasteiger partial charge in [0.1, 0.15) is 13.1 Å². The summed E-state index contributed by atoms with van der Waals surface area (Å²) in [6, 6.07) is 10.9.